The number of amides is 1. The molecule has 6 nitrogen and oxygen atoms in total. The molecule has 0 spiro atoms. The third-order valence-electron chi connectivity index (χ3n) is 3.32. The van der Waals surface area contributed by atoms with Crippen molar-refractivity contribution < 1.29 is 19.4 Å². The maximum absolute atomic E-state index is 11.8. The van der Waals surface area contributed by atoms with Crippen LogP contribution in [-0.4, -0.2) is 30.4 Å². The minimum atomic E-state index is -0.372. The lowest BCUT2D eigenvalue weighted by atomic mass is 10.1. The Labute approximate surface area is 161 Å². The molecule has 0 unspecified atom stereocenters. The van der Waals surface area contributed by atoms with Crippen LogP contribution >= 0.6 is 15.9 Å². The molecule has 0 aromatic heterocycles. The summed E-state index contributed by atoms with van der Waals surface area (Å²) < 4.78 is 11.3. The van der Waals surface area contributed by atoms with Crippen molar-refractivity contribution in [2.45, 2.75) is 20.8 Å². The molecule has 0 fully saturated rings. The summed E-state index contributed by atoms with van der Waals surface area (Å²) in [6.45, 7) is 6.05. The van der Waals surface area contributed by atoms with E-state index in [1.165, 1.54) is 6.21 Å². The summed E-state index contributed by atoms with van der Waals surface area (Å²) >= 11 is 3.25. The molecular formula is C19H21BrN2O4. The van der Waals surface area contributed by atoms with Crippen LogP contribution in [0.1, 0.15) is 23.6 Å². The molecule has 0 aliphatic heterocycles. The Bertz CT molecular complexity index is 801. The van der Waals surface area contributed by atoms with Gasteiger partial charge in [0.15, 0.2) is 18.1 Å². The molecule has 0 aliphatic rings. The largest absolute Gasteiger partial charge is 0.503 e. The number of rotatable bonds is 7. The van der Waals surface area contributed by atoms with Gasteiger partial charge in [-0.25, -0.2) is 5.43 Å². The van der Waals surface area contributed by atoms with Crippen LogP contribution in [0.25, 0.3) is 0 Å². The fraction of sp³-hybridized carbons (Fsp3) is 0.263. The van der Waals surface area contributed by atoms with Gasteiger partial charge in [-0.2, -0.15) is 5.10 Å². The molecule has 2 rings (SSSR count). The molecule has 0 saturated heterocycles. The number of aryl methyl sites for hydroxylation is 2. The Kier molecular flexibility index (Phi) is 7.03. The molecule has 2 aromatic carbocycles. The number of carbonyl (C=O) groups excluding carboxylic acids is 1. The Balaban J connectivity index is 1.92. The standard InChI is InChI=1S/C19H21BrN2O4/c1-4-25-17-9-14(8-16(20)19(17)24)10-21-22-18(23)11-26-15-6-12(2)5-13(3)7-15/h5-10,24H,4,11H2,1-3H3,(H,22,23)/b21-10-. The van der Waals surface area contributed by atoms with E-state index in [2.05, 4.69) is 26.5 Å². The van der Waals surface area contributed by atoms with Gasteiger partial charge in [0.25, 0.3) is 5.91 Å². The van der Waals surface area contributed by atoms with Gasteiger partial charge < -0.3 is 14.6 Å². The number of ether oxygens (including phenoxy) is 2. The van der Waals surface area contributed by atoms with E-state index in [9.17, 15) is 9.90 Å². The first kappa shape index (κ1) is 19.8. The highest BCUT2D eigenvalue weighted by Crippen LogP contribution is 2.35. The molecule has 26 heavy (non-hydrogen) atoms. The van der Waals surface area contributed by atoms with Gasteiger partial charge >= 0.3 is 0 Å². The van der Waals surface area contributed by atoms with Gasteiger partial charge in [-0.05, 0) is 77.7 Å². The molecule has 7 heteroatoms. The fourth-order valence-electron chi connectivity index (χ4n) is 2.31. The van der Waals surface area contributed by atoms with Crippen molar-refractivity contribution in [3.63, 3.8) is 0 Å². The van der Waals surface area contributed by atoms with E-state index in [-0.39, 0.29) is 18.3 Å². The third-order valence-corrected chi connectivity index (χ3v) is 3.92. The van der Waals surface area contributed by atoms with Gasteiger partial charge in [-0.3, -0.25) is 4.79 Å². The third kappa shape index (κ3) is 5.77. The first-order valence-corrected chi connectivity index (χ1v) is 8.86. The lowest BCUT2D eigenvalue weighted by molar-refractivity contribution is -0.123. The molecule has 0 aliphatic carbocycles. The summed E-state index contributed by atoms with van der Waals surface area (Å²) in [7, 11) is 0. The highest BCUT2D eigenvalue weighted by atomic mass is 79.9. The minimum absolute atomic E-state index is 0.0230. The van der Waals surface area contributed by atoms with E-state index in [1.807, 2.05) is 39.0 Å². The number of carbonyl (C=O) groups is 1. The van der Waals surface area contributed by atoms with E-state index >= 15 is 0 Å². The summed E-state index contributed by atoms with van der Waals surface area (Å²) in [6.07, 6.45) is 1.46. The van der Waals surface area contributed by atoms with Gasteiger partial charge in [0.05, 0.1) is 17.3 Å². The fourth-order valence-corrected chi connectivity index (χ4v) is 2.77. The number of phenols is 1. The molecule has 0 atom stereocenters. The zero-order chi connectivity index (χ0) is 19.1. The van der Waals surface area contributed by atoms with Gasteiger partial charge in [-0.1, -0.05) is 6.07 Å². The first-order chi connectivity index (χ1) is 12.4. The van der Waals surface area contributed by atoms with Gasteiger partial charge in [-0.15, -0.1) is 0 Å². The van der Waals surface area contributed by atoms with Gasteiger partial charge in [0.1, 0.15) is 5.75 Å². The highest BCUT2D eigenvalue weighted by molar-refractivity contribution is 9.10. The number of hydrogen-bond acceptors (Lipinski definition) is 5. The van der Waals surface area contributed by atoms with E-state index in [0.717, 1.165) is 11.1 Å². The number of phenolic OH excluding ortho intramolecular Hbond substituents is 1. The zero-order valence-corrected chi connectivity index (χ0v) is 16.5. The summed E-state index contributed by atoms with van der Waals surface area (Å²) in [5, 5.41) is 13.8. The van der Waals surface area contributed by atoms with Crippen molar-refractivity contribution in [3.05, 3.63) is 51.5 Å². The second kappa shape index (κ2) is 9.24. The topological polar surface area (TPSA) is 80.2 Å². The van der Waals surface area contributed by atoms with Crippen LogP contribution in [0.2, 0.25) is 0 Å². The van der Waals surface area contributed by atoms with Crippen molar-refractivity contribution >= 4 is 28.1 Å². The van der Waals surface area contributed by atoms with Crippen molar-refractivity contribution in [1.29, 1.82) is 0 Å². The number of hydrazone groups is 1. The molecule has 0 radical (unpaired) electrons. The smallest absolute Gasteiger partial charge is 0.277 e. The van der Waals surface area contributed by atoms with E-state index < -0.39 is 0 Å². The molecule has 0 heterocycles. The van der Waals surface area contributed by atoms with Crippen molar-refractivity contribution in [3.8, 4) is 17.2 Å². The molecule has 138 valence electrons. The maximum atomic E-state index is 11.8. The highest BCUT2D eigenvalue weighted by Gasteiger charge is 2.08. The summed E-state index contributed by atoms with van der Waals surface area (Å²) in [5.41, 5.74) is 5.21. The van der Waals surface area contributed by atoms with Crippen LogP contribution in [0.4, 0.5) is 0 Å². The van der Waals surface area contributed by atoms with Crippen molar-refractivity contribution in [2.24, 2.45) is 5.10 Å². The van der Waals surface area contributed by atoms with Gasteiger partial charge in [0, 0.05) is 0 Å². The quantitative estimate of drug-likeness (QED) is 0.528. The Morgan fingerprint density at radius 2 is 1.88 bits per heavy atom. The number of hydrogen-bond donors (Lipinski definition) is 2. The average molecular weight is 421 g/mol. The number of halogens is 1. The predicted octanol–water partition coefficient (Wildman–Crippen LogP) is 3.70. The minimum Gasteiger partial charge on any atom is -0.503 e. The summed E-state index contributed by atoms with van der Waals surface area (Å²) in [6, 6.07) is 9.06. The predicted molar refractivity (Wildman–Crippen MR) is 104 cm³/mol. The number of nitrogens with one attached hydrogen (secondary N) is 1. The normalized spacial score (nSPS) is 10.8. The summed E-state index contributed by atoms with van der Waals surface area (Å²) in [4.78, 5) is 11.8. The molecule has 2 aromatic rings. The maximum Gasteiger partial charge on any atom is 0.277 e. The molecule has 1 amide bonds. The van der Waals surface area contributed by atoms with Crippen LogP contribution in [0.3, 0.4) is 0 Å². The van der Waals surface area contributed by atoms with E-state index in [4.69, 9.17) is 9.47 Å². The Morgan fingerprint density at radius 3 is 2.54 bits per heavy atom. The number of nitrogens with zero attached hydrogens (tertiary/aromatic N) is 1. The average Bonchev–Trinajstić information content (AvgIpc) is 2.57. The zero-order valence-electron chi connectivity index (χ0n) is 14.9. The van der Waals surface area contributed by atoms with Crippen molar-refractivity contribution in [2.75, 3.05) is 13.2 Å². The molecule has 2 N–H and O–H groups in total. The monoisotopic (exact) mass is 420 g/mol. The number of aromatic hydroxyl groups is 1. The van der Waals surface area contributed by atoms with Crippen LogP contribution in [0.5, 0.6) is 17.2 Å². The lowest BCUT2D eigenvalue weighted by Gasteiger charge is -2.08. The lowest BCUT2D eigenvalue weighted by Crippen LogP contribution is -2.24. The Hall–Kier alpha value is -2.54. The molecule has 0 bridgehead atoms. The van der Waals surface area contributed by atoms with Crippen molar-refractivity contribution in [1.82, 2.24) is 5.43 Å². The van der Waals surface area contributed by atoms with Crippen LogP contribution in [-0.2, 0) is 4.79 Å². The van der Waals surface area contributed by atoms with E-state index in [1.54, 1.807) is 12.1 Å². The van der Waals surface area contributed by atoms with Crippen LogP contribution in [0.15, 0.2) is 39.9 Å². The van der Waals surface area contributed by atoms with Crippen LogP contribution in [0, 0.1) is 13.8 Å². The van der Waals surface area contributed by atoms with Gasteiger partial charge in [0.2, 0.25) is 0 Å². The SMILES string of the molecule is CCOc1cc(/C=N\NC(=O)COc2cc(C)cc(C)c2)cc(Br)c1O. The van der Waals surface area contributed by atoms with E-state index in [0.29, 0.717) is 28.1 Å². The first-order valence-electron chi connectivity index (χ1n) is 8.07. The summed E-state index contributed by atoms with van der Waals surface area (Å²) in [5.74, 6) is 0.636. The number of benzene rings is 2. The second-order valence-corrected chi connectivity index (χ2v) is 6.54. The molecule has 0 saturated carbocycles. The Morgan fingerprint density at radius 1 is 1.19 bits per heavy atom. The second-order valence-electron chi connectivity index (χ2n) is 5.69. The molecular weight excluding hydrogens is 400 g/mol. The van der Waals surface area contributed by atoms with Crippen LogP contribution < -0.4 is 14.9 Å².